The zero-order valence-corrected chi connectivity index (χ0v) is 19.1. The zero-order valence-electron chi connectivity index (χ0n) is 19.1. The van der Waals surface area contributed by atoms with Crippen molar-refractivity contribution in [2.75, 3.05) is 30.3 Å². The number of rotatable bonds is 6. The molecule has 4 N–H and O–H groups in total. The lowest BCUT2D eigenvalue weighted by atomic mass is 10.0. The van der Waals surface area contributed by atoms with E-state index >= 15 is 0 Å². The predicted octanol–water partition coefficient (Wildman–Crippen LogP) is 4.03. The van der Waals surface area contributed by atoms with Crippen molar-refractivity contribution in [3.63, 3.8) is 0 Å². The third kappa shape index (κ3) is 4.77. The van der Waals surface area contributed by atoms with E-state index in [9.17, 15) is 23.8 Å². The van der Waals surface area contributed by atoms with Crippen LogP contribution in [0.5, 0.6) is 0 Å². The van der Waals surface area contributed by atoms with Crippen molar-refractivity contribution in [2.45, 2.75) is 31.6 Å². The van der Waals surface area contributed by atoms with Gasteiger partial charge in [-0.15, -0.1) is 0 Å². The van der Waals surface area contributed by atoms with Crippen molar-refractivity contribution in [1.82, 2.24) is 4.90 Å². The molecule has 0 spiro atoms. The Morgan fingerprint density at radius 2 is 1.69 bits per heavy atom. The lowest BCUT2D eigenvalue weighted by molar-refractivity contribution is -0.117. The van der Waals surface area contributed by atoms with E-state index in [-0.39, 0.29) is 25.1 Å². The number of hydrogen-bond acceptors (Lipinski definition) is 5. The van der Waals surface area contributed by atoms with Crippen LogP contribution in [0.25, 0.3) is 11.1 Å². The molecule has 1 heterocycles. The summed E-state index contributed by atoms with van der Waals surface area (Å²) in [6.07, 6.45) is 0.802. The van der Waals surface area contributed by atoms with E-state index < -0.39 is 17.7 Å². The highest BCUT2D eigenvalue weighted by molar-refractivity contribution is 5.93. The van der Waals surface area contributed by atoms with Gasteiger partial charge in [0.15, 0.2) is 11.6 Å². The first kappa shape index (κ1) is 23.4. The Balaban J connectivity index is 1.16. The Kier molecular flexibility index (Phi) is 6.51. The van der Waals surface area contributed by atoms with Gasteiger partial charge in [0.1, 0.15) is 6.10 Å². The predicted molar refractivity (Wildman–Crippen MR) is 130 cm³/mol. The molecule has 6 nitrogen and oxygen atoms in total. The average molecular weight is 480 g/mol. The van der Waals surface area contributed by atoms with Crippen LogP contribution in [0.1, 0.15) is 35.6 Å². The third-order valence-corrected chi connectivity index (χ3v) is 6.81. The smallest absolute Gasteiger partial charge is 0.238 e. The number of carbonyl (C=O) groups excluding carboxylic acids is 1. The summed E-state index contributed by atoms with van der Waals surface area (Å²) in [6, 6.07) is 15.4. The number of fused-ring (bicyclic) bond motifs is 3. The fourth-order valence-corrected chi connectivity index (χ4v) is 4.97. The second kappa shape index (κ2) is 9.73. The van der Waals surface area contributed by atoms with Crippen LogP contribution < -0.4 is 10.6 Å². The van der Waals surface area contributed by atoms with E-state index in [1.807, 2.05) is 42.5 Å². The van der Waals surface area contributed by atoms with Crippen molar-refractivity contribution in [2.24, 2.45) is 0 Å². The summed E-state index contributed by atoms with van der Waals surface area (Å²) in [5.74, 6) is -2.06. The van der Waals surface area contributed by atoms with Crippen LogP contribution in [-0.2, 0) is 11.4 Å². The van der Waals surface area contributed by atoms with Gasteiger partial charge in [0.25, 0.3) is 0 Å². The van der Waals surface area contributed by atoms with Crippen LogP contribution in [0.4, 0.5) is 20.2 Å². The van der Waals surface area contributed by atoms with Gasteiger partial charge in [-0.3, -0.25) is 9.69 Å². The minimum absolute atomic E-state index is 0.0349. The van der Waals surface area contributed by atoms with Gasteiger partial charge < -0.3 is 20.8 Å². The van der Waals surface area contributed by atoms with Crippen molar-refractivity contribution in [3.8, 4) is 11.1 Å². The van der Waals surface area contributed by atoms with Crippen LogP contribution in [-0.4, -0.2) is 46.7 Å². The van der Waals surface area contributed by atoms with Gasteiger partial charge in [0, 0.05) is 42.1 Å². The molecule has 182 valence electrons. The lowest BCUT2D eigenvalue weighted by Crippen LogP contribution is -2.42. The number of halogens is 2. The molecule has 1 amide bonds. The van der Waals surface area contributed by atoms with Crippen LogP contribution in [0, 0.1) is 11.6 Å². The lowest BCUT2D eigenvalue weighted by Gasteiger charge is -2.32. The minimum Gasteiger partial charge on any atom is -0.392 e. The highest BCUT2D eigenvalue weighted by Gasteiger charge is 2.27. The quantitative estimate of drug-likeness (QED) is 0.429. The average Bonchev–Trinajstić information content (AvgIpc) is 3.14. The monoisotopic (exact) mass is 479 g/mol. The molecular weight excluding hydrogens is 452 g/mol. The summed E-state index contributed by atoms with van der Waals surface area (Å²) in [5, 5.41) is 26.2. The second-order valence-corrected chi connectivity index (χ2v) is 9.12. The number of piperidine rings is 1. The maximum absolute atomic E-state index is 13.6. The molecule has 35 heavy (non-hydrogen) atoms. The first-order valence-electron chi connectivity index (χ1n) is 11.7. The van der Waals surface area contributed by atoms with E-state index in [2.05, 4.69) is 15.5 Å². The highest BCUT2D eigenvalue weighted by Crippen LogP contribution is 2.44. The van der Waals surface area contributed by atoms with Gasteiger partial charge in [-0.2, -0.15) is 0 Å². The molecule has 1 atom stereocenters. The van der Waals surface area contributed by atoms with Gasteiger partial charge in [-0.05, 0) is 53.3 Å². The molecule has 2 aliphatic rings. The summed E-state index contributed by atoms with van der Waals surface area (Å²) in [6.45, 7) is 1.21. The van der Waals surface area contributed by atoms with Crippen molar-refractivity contribution < 1.29 is 23.8 Å². The maximum atomic E-state index is 13.6. The van der Waals surface area contributed by atoms with E-state index in [1.54, 1.807) is 0 Å². The normalized spacial score (nSPS) is 17.7. The van der Waals surface area contributed by atoms with Crippen LogP contribution in [0.2, 0.25) is 0 Å². The first-order chi connectivity index (χ1) is 16.9. The largest absolute Gasteiger partial charge is 0.392 e. The van der Waals surface area contributed by atoms with Gasteiger partial charge >= 0.3 is 0 Å². The number of aliphatic hydroxyl groups is 2. The standard InChI is InChI=1S/C27H27F2N3O3/c28-23-11-16(15-33)25(13-24(23)29)30-17-7-9-32(10-8-17)14-26(34)31-18-5-6-21-22(12-18)19-3-1-2-4-20(19)27(21)35/h1-6,11-13,17,27,30,33,35H,7-10,14-15H2,(H,31,34). The molecule has 5 rings (SSSR count). The molecule has 3 aromatic rings. The molecule has 0 aromatic heterocycles. The van der Waals surface area contributed by atoms with Gasteiger partial charge in [0.2, 0.25) is 5.91 Å². The molecule has 1 aliphatic carbocycles. The summed E-state index contributed by atoms with van der Waals surface area (Å²) in [5.41, 5.74) is 5.01. The number of carbonyl (C=O) groups is 1. The molecule has 1 saturated heterocycles. The SMILES string of the molecule is O=C(CN1CCC(Nc2cc(F)c(F)cc2CO)CC1)Nc1ccc2c(c1)-c1ccccc1C2O. The van der Waals surface area contributed by atoms with Crippen LogP contribution in [0.3, 0.4) is 0 Å². The van der Waals surface area contributed by atoms with Gasteiger partial charge in [-0.25, -0.2) is 8.78 Å². The van der Waals surface area contributed by atoms with Crippen molar-refractivity contribution in [3.05, 3.63) is 82.9 Å². The number of hydrogen-bond donors (Lipinski definition) is 4. The van der Waals surface area contributed by atoms with Crippen LogP contribution >= 0.6 is 0 Å². The number of nitrogens with one attached hydrogen (secondary N) is 2. The molecule has 1 aliphatic heterocycles. The Bertz CT molecular complexity index is 1260. The van der Waals surface area contributed by atoms with Crippen LogP contribution in [0.15, 0.2) is 54.6 Å². The number of anilines is 2. The Morgan fingerprint density at radius 3 is 2.46 bits per heavy atom. The maximum Gasteiger partial charge on any atom is 0.238 e. The number of nitrogens with zero attached hydrogens (tertiary/aromatic N) is 1. The fraction of sp³-hybridized carbons (Fsp3) is 0.296. The molecule has 0 radical (unpaired) electrons. The van der Waals surface area contributed by atoms with Crippen molar-refractivity contribution in [1.29, 1.82) is 0 Å². The molecular formula is C27H27F2N3O3. The second-order valence-electron chi connectivity index (χ2n) is 9.12. The third-order valence-electron chi connectivity index (χ3n) is 6.81. The fourth-order valence-electron chi connectivity index (χ4n) is 4.97. The summed E-state index contributed by atoms with van der Waals surface area (Å²) in [4.78, 5) is 14.7. The molecule has 1 fully saturated rings. The summed E-state index contributed by atoms with van der Waals surface area (Å²) < 4.78 is 27.1. The number of amides is 1. The van der Waals surface area contributed by atoms with E-state index in [0.717, 1.165) is 47.2 Å². The topological polar surface area (TPSA) is 84.8 Å². The summed E-state index contributed by atoms with van der Waals surface area (Å²) in [7, 11) is 0. The first-order valence-corrected chi connectivity index (χ1v) is 11.7. The zero-order chi connectivity index (χ0) is 24.5. The van der Waals surface area contributed by atoms with E-state index in [4.69, 9.17) is 0 Å². The molecule has 0 bridgehead atoms. The Hall–Kier alpha value is -3.33. The van der Waals surface area contributed by atoms with E-state index in [0.29, 0.717) is 30.0 Å². The number of aliphatic hydroxyl groups excluding tert-OH is 2. The van der Waals surface area contributed by atoms with Gasteiger partial charge in [-0.1, -0.05) is 30.3 Å². The molecule has 1 unspecified atom stereocenters. The number of benzene rings is 3. The minimum atomic E-state index is -0.982. The summed E-state index contributed by atoms with van der Waals surface area (Å²) >= 11 is 0. The molecule has 8 heteroatoms. The highest BCUT2D eigenvalue weighted by atomic mass is 19.2. The number of likely N-dealkylation sites (tertiary alicyclic amines) is 1. The van der Waals surface area contributed by atoms with E-state index in [1.165, 1.54) is 0 Å². The molecule has 0 saturated carbocycles. The Morgan fingerprint density at radius 1 is 0.971 bits per heavy atom. The van der Waals surface area contributed by atoms with Crippen molar-refractivity contribution >= 4 is 17.3 Å². The van der Waals surface area contributed by atoms with Gasteiger partial charge in [0.05, 0.1) is 13.2 Å². The molecule has 3 aromatic carbocycles. The Labute approximate surface area is 202 Å².